The first-order valence-electron chi connectivity index (χ1n) is 12.9. The number of anilines is 2. The maximum atomic E-state index is 12.9. The summed E-state index contributed by atoms with van der Waals surface area (Å²) in [7, 11) is 0. The summed E-state index contributed by atoms with van der Waals surface area (Å²) in [5.41, 5.74) is 5.76. The van der Waals surface area contributed by atoms with Gasteiger partial charge in [0.05, 0.1) is 42.3 Å². The molecular formula is C26H35ClN6O5S. The van der Waals surface area contributed by atoms with Crippen molar-refractivity contribution in [3.63, 3.8) is 0 Å². The summed E-state index contributed by atoms with van der Waals surface area (Å²) in [5, 5.41) is 3.69. The van der Waals surface area contributed by atoms with Crippen LogP contribution in [-0.4, -0.2) is 71.1 Å². The van der Waals surface area contributed by atoms with Gasteiger partial charge in [-0.1, -0.05) is 11.6 Å². The molecule has 0 aromatic carbocycles. The molecule has 1 amide bonds. The van der Waals surface area contributed by atoms with Gasteiger partial charge in [-0.15, -0.1) is 0 Å². The van der Waals surface area contributed by atoms with E-state index in [4.69, 9.17) is 31.5 Å². The Hall–Kier alpha value is -2.83. The van der Waals surface area contributed by atoms with Crippen LogP contribution in [0, 0.1) is 5.41 Å². The van der Waals surface area contributed by atoms with E-state index in [1.54, 1.807) is 25.4 Å². The third-order valence-electron chi connectivity index (χ3n) is 6.83. The second kappa shape index (κ2) is 11.7. The molecule has 13 heteroatoms. The van der Waals surface area contributed by atoms with E-state index >= 15 is 0 Å². The number of nitrogen functional groups attached to an aromatic ring is 1. The Labute approximate surface area is 237 Å². The molecule has 2 aromatic heterocycles. The number of amides is 1. The molecule has 4 rings (SSSR count). The molecule has 2 aliphatic rings. The SMILES string of the molecule is CCOC(=O)c1nc(Sc2ccnc(N)c2Cl)ncc1N1CCC2(CC1)CO[C@@H](C)[C@H]2NC(=O)OC(C)(C)C. The molecule has 2 atom stereocenters. The van der Waals surface area contributed by atoms with Crippen LogP contribution in [0.2, 0.25) is 5.02 Å². The summed E-state index contributed by atoms with van der Waals surface area (Å²) < 4.78 is 16.8. The number of ether oxygens (including phenoxy) is 3. The van der Waals surface area contributed by atoms with Crippen LogP contribution < -0.4 is 16.0 Å². The molecule has 39 heavy (non-hydrogen) atoms. The first-order chi connectivity index (χ1) is 18.4. The van der Waals surface area contributed by atoms with Crippen molar-refractivity contribution in [3.8, 4) is 0 Å². The average Bonchev–Trinajstić information content (AvgIpc) is 3.16. The van der Waals surface area contributed by atoms with Crippen LogP contribution in [0.15, 0.2) is 28.5 Å². The van der Waals surface area contributed by atoms with Crippen LogP contribution in [0.1, 0.15) is 57.9 Å². The van der Waals surface area contributed by atoms with Crippen molar-refractivity contribution in [2.75, 3.05) is 36.9 Å². The smallest absolute Gasteiger partial charge is 0.407 e. The number of aromatic nitrogens is 3. The van der Waals surface area contributed by atoms with Crippen molar-refractivity contribution in [3.05, 3.63) is 29.2 Å². The molecule has 3 N–H and O–H groups in total. The number of rotatable bonds is 6. The van der Waals surface area contributed by atoms with Crippen molar-refractivity contribution < 1.29 is 23.8 Å². The minimum absolute atomic E-state index is 0.146. The van der Waals surface area contributed by atoms with Gasteiger partial charge >= 0.3 is 12.1 Å². The molecule has 212 valence electrons. The molecule has 2 fully saturated rings. The number of piperidine rings is 1. The number of nitrogens with two attached hydrogens (primary N) is 1. The molecule has 0 unspecified atom stereocenters. The summed E-state index contributed by atoms with van der Waals surface area (Å²) in [6.45, 7) is 11.2. The van der Waals surface area contributed by atoms with Crippen molar-refractivity contribution in [2.24, 2.45) is 5.41 Å². The Kier molecular flexibility index (Phi) is 8.77. The topological polar surface area (TPSA) is 142 Å². The molecule has 4 heterocycles. The van der Waals surface area contributed by atoms with Gasteiger partial charge in [-0.3, -0.25) is 0 Å². The number of nitrogens with one attached hydrogen (secondary N) is 1. The molecule has 0 bridgehead atoms. The van der Waals surface area contributed by atoms with Crippen molar-refractivity contribution >= 4 is 46.9 Å². The Balaban J connectivity index is 1.53. The molecule has 11 nitrogen and oxygen atoms in total. The zero-order chi connectivity index (χ0) is 28.4. The normalized spacial score (nSPS) is 20.6. The number of pyridine rings is 1. The highest BCUT2D eigenvalue weighted by Gasteiger charge is 2.50. The summed E-state index contributed by atoms with van der Waals surface area (Å²) in [6.07, 6.45) is 4.07. The van der Waals surface area contributed by atoms with Gasteiger partial charge in [0.1, 0.15) is 11.4 Å². The van der Waals surface area contributed by atoms with Gasteiger partial charge in [0.15, 0.2) is 10.9 Å². The van der Waals surface area contributed by atoms with Gasteiger partial charge in [0, 0.05) is 29.6 Å². The van der Waals surface area contributed by atoms with Crippen LogP contribution >= 0.6 is 23.4 Å². The van der Waals surface area contributed by atoms with Gasteiger partial charge in [-0.05, 0) is 65.3 Å². The van der Waals surface area contributed by atoms with E-state index in [1.807, 2.05) is 27.7 Å². The monoisotopic (exact) mass is 578 g/mol. The number of alkyl carbamates (subject to hydrolysis) is 1. The van der Waals surface area contributed by atoms with E-state index in [0.29, 0.717) is 40.5 Å². The maximum Gasteiger partial charge on any atom is 0.407 e. The van der Waals surface area contributed by atoms with Crippen molar-refractivity contribution in [1.29, 1.82) is 0 Å². The lowest BCUT2D eigenvalue weighted by atomic mass is 9.73. The molecule has 2 saturated heterocycles. The number of carbonyl (C=O) groups is 2. The highest BCUT2D eigenvalue weighted by atomic mass is 35.5. The molecule has 1 spiro atoms. The first-order valence-corrected chi connectivity index (χ1v) is 14.1. The minimum atomic E-state index is -0.591. The lowest BCUT2D eigenvalue weighted by Crippen LogP contribution is -2.55. The van der Waals surface area contributed by atoms with Crippen LogP contribution in [0.3, 0.4) is 0 Å². The minimum Gasteiger partial charge on any atom is -0.461 e. The predicted molar refractivity (Wildman–Crippen MR) is 148 cm³/mol. The average molecular weight is 579 g/mol. The van der Waals surface area contributed by atoms with Gasteiger partial charge in [-0.2, -0.15) is 0 Å². The van der Waals surface area contributed by atoms with Crippen molar-refractivity contribution in [2.45, 2.75) is 75.3 Å². The maximum absolute atomic E-state index is 12.9. The molecular weight excluding hydrogens is 544 g/mol. The van der Waals surface area contributed by atoms with Crippen LogP contribution in [0.25, 0.3) is 0 Å². The summed E-state index contributed by atoms with van der Waals surface area (Å²) in [4.78, 5) is 41.2. The molecule has 0 radical (unpaired) electrons. The third-order valence-corrected chi connectivity index (χ3v) is 8.28. The fourth-order valence-electron chi connectivity index (χ4n) is 4.94. The fraction of sp³-hybridized carbons (Fsp3) is 0.577. The van der Waals surface area contributed by atoms with Crippen molar-refractivity contribution in [1.82, 2.24) is 20.3 Å². The number of halogens is 1. The number of esters is 1. The number of hydrogen-bond donors (Lipinski definition) is 2. The van der Waals surface area contributed by atoms with Gasteiger partial charge in [0.2, 0.25) is 0 Å². The zero-order valence-corrected chi connectivity index (χ0v) is 24.4. The Morgan fingerprint density at radius 1 is 1.31 bits per heavy atom. The molecule has 2 aromatic rings. The Morgan fingerprint density at radius 3 is 2.69 bits per heavy atom. The van der Waals surface area contributed by atoms with E-state index in [-0.39, 0.29) is 35.7 Å². The largest absolute Gasteiger partial charge is 0.461 e. The quantitative estimate of drug-likeness (QED) is 0.373. The van der Waals surface area contributed by atoms with Gasteiger partial charge < -0.3 is 30.2 Å². The van der Waals surface area contributed by atoms with E-state index in [0.717, 1.165) is 12.8 Å². The zero-order valence-electron chi connectivity index (χ0n) is 22.8. The van der Waals surface area contributed by atoms with E-state index < -0.39 is 17.7 Å². The highest BCUT2D eigenvalue weighted by molar-refractivity contribution is 7.99. The van der Waals surface area contributed by atoms with E-state index in [2.05, 4.69) is 25.2 Å². The number of nitrogens with zero attached hydrogens (tertiary/aromatic N) is 4. The standard InChI is InChI=1S/C26H35ClN6O5S/c1-6-36-22(34)19-16(13-30-23(31-19)39-17-7-10-29-21(28)18(17)27)33-11-8-26(9-12-33)14-37-15(2)20(26)32-24(35)38-25(3,4)5/h7,10,13,15,20H,6,8-9,11-12,14H2,1-5H3,(H2,28,29)(H,32,35)/t15-,20+/m0/s1. The summed E-state index contributed by atoms with van der Waals surface area (Å²) in [6, 6.07) is 1.52. The van der Waals surface area contributed by atoms with Crippen LogP contribution in [0.5, 0.6) is 0 Å². The van der Waals surface area contributed by atoms with Crippen LogP contribution in [-0.2, 0) is 14.2 Å². The lowest BCUT2D eigenvalue weighted by molar-refractivity contribution is 0.0432. The highest BCUT2D eigenvalue weighted by Crippen LogP contribution is 2.43. The number of carbonyl (C=O) groups excluding carboxylic acids is 2. The molecule has 0 saturated carbocycles. The van der Waals surface area contributed by atoms with E-state index in [9.17, 15) is 9.59 Å². The Bertz CT molecular complexity index is 1220. The Morgan fingerprint density at radius 2 is 2.03 bits per heavy atom. The summed E-state index contributed by atoms with van der Waals surface area (Å²) >= 11 is 7.47. The van der Waals surface area contributed by atoms with Gasteiger partial charge in [-0.25, -0.2) is 24.5 Å². The summed E-state index contributed by atoms with van der Waals surface area (Å²) in [5.74, 6) is -0.324. The van der Waals surface area contributed by atoms with E-state index in [1.165, 1.54) is 11.8 Å². The molecule has 2 aliphatic heterocycles. The second-order valence-corrected chi connectivity index (χ2v) is 12.1. The lowest BCUT2D eigenvalue weighted by Gasteiger charge is -2.43. The number of hydrogen-bond acceptors (Lipinski definition) is 11. The second-order valence-electron chi connectivity index (χ2n) is 10.7. The first kappa shape index (κ1) is 29.2. The molecule has 0 aliphatic carbocycles. The fourth-order valence-corrected chi connectivity index (χ4v) is 5.93. The third kappa shape index (κ3) is 6.67. The van der Waals surface area contributed by atoms with Gasteiger partial charge in [0.25, 0.3) is 0 Å². The van der Waals surface area contributed by atoms with Crippen LogP contribution in [0.4, 0.5) is 16.3 Å². The predicted octanol–water partition coefficient (Wildman–Crippen LogP) is 4.33.